The van der Waals surface area contributed by atoms with Crippen molar-refractivity contribution in [3.63, 3.8) is 0 Å². The molecule has 0 spiro atoms. The molecular weight excluding hydrogens is 188 g/mol. The highest BCUT2D eigenvalue weighted by Gasteiger charge is 2.17. The van der Waals surface area contributed by atoms with E-state index in [0.717, 1.165) is 30.8 Å². The van der Waals surface area contributed by atoms with Gasteiger partial charge in [-0.2, -0.15) is 0 Å². The maximum Gasteiger partial charge on any atom is 0.251 e. The van der Waals surface area contributed by atoms with Crippen molar-refractivity contribution in [1.29, 1.82) is 0 Å². The lowest BCUT2D eigenvalue weighted by molar-refractivity contribution is 0.0941. The number of aryl methyl sites for hydroxylation is 1. The van der Waals surface area contributed by atoms with Crippen LogP contribution in [0.15, 0.2) is 24.3 Å². The highest BCUT2D eigenvalue weighted by molar-refractivity contribution is 5.95. The normalized spacial score (nSPS) is 15.8. The molecule has 0 unspecified atom stereocenters. The number of carbonyl (C=O) groups excluding carboxylic acids is 1. The van der Waals surface area contributed by atoms with E-state index in [1.54, 1.807) is 0 Å². The van der Waals surface area contributed by atoms with Crippen LogP contribution in [0.2, 0.25) is 0 Å². The smallest absolute Gasteiger partial charge is 0.251 e. The van der Waals surface area contributed by atoms with Gasteiger partial charge in [-0.3, -0.25) is 4.79 Å². The van der Waals surface area contributed by atoms with Crippen molar-refractivity contribution in [3.8, 4) is 0 Å². The molecule has 1 aromatic carbocycles. The van der Waals surface area contributed by atoms with Crippen molar-refractivity contribution in [2.75, 3.05) is 19.6 Å². The standard InChI is InChI=1S/C12H16N2O/c1-9-4-2-3-5-11(9)12(15)14-8-10-6-13-7-10/h2-5,10,13H,6-8H2,1H3,(H,14,15). The molecule has 2 N–H and O–H groups in total. The zero-order chi connectivity index (χ0) is 10.7. The van der Waals surface area contributed by atoms with E-state index >= 15 is 0 Å². The van der Waals surface area contributed by atoms with Crippen LogP contribution in [0, 0.1) is 12.8 Å². The van der Waals surface area contributed by atoms with Gasteiger partial charge in [0.2, 0.25) is 0 Å². The average Bonchev–Trinajstić information content (AvgIpc) is 2.16. The van der Waals surface area contributed by atoms with Crippen LogP contribution in [-0.4, -0.2) is 25.5 Å². The molecule has 1 fully saturated rings. The van der Waals surface area contributed by atoms with Gasteiger partial charge in [0, 0.05) is 31.1 Å². The first-order valence-electron chi connectivity index (χ1n) is 5.32. The summed E-state index contributed by atoms with van der Waals surface area (Å²) in [7, 11) is 0. The van der Waals surface area contributed by atoms with E-state index in [0.29, 0.717) is 5.92 Å². The maximum atomic E-state index is 11.8. The summed E-state index contributed by atoms with van der Waals surface area (Å²) in [5.74, 6) is 0.651. The fourth-order valence-electron chi connectivity index (χ4n) is 1.65. The summed E-state index contributed by atoms with van der Waals surface area (Å²) in [6, 6.07) is 7.66. The second kappa shape index (κ2) is 4.45. The Bertz CT molecular complexity index is 358. The Morgan fingerprint density at radius 3 is 2.80 bits per heavy atom. The molecule has 0 aliphatic carbocycles. The van der Waals surface area contributed by atoms with Crippen molar-refractivity contribution in [2.45, 2.75) is 6.92 Å². The van der Waals surface area contributed by atoms with Crippen molar-refractivity contribution in [1.82, 2.24) is 10.6 Å². The lowest BCUT2D eigenvalue weighted by atomic mass is 10.0. The Hall–Kier alpha value is -1.35. The molecule has 0 atom stereocenters. The molecule has 3 heteroatoms. The molecule has 3 nitrogen and oxygen atoms in total. The van der Waals surface area contributed by atoms with E-state index in [9.17, 15) is 4.79 Å². The summed E-state index contributed by atoms with van der Waals surface area (Å²) < 4.78 is 0. The topological polar surface area (TPSA) is 41.1 Å². The molecule has 1 heterocycles. The molecule has 15 heavy (non-hydrogen) atoms. The molecule has 2 rings (SSSR count). The Balaban J connectivity index is 1.92. The van der Waals surface area contributed by atoms with Crippen molar-refractivity contribution in [2.24, 2.45) is 5.92 Å². The van der Waals surface area contributed by atoms with Crippen LogP contribution in [0.25, 0.3) is 0 Å². The lowest BCUT2D eigenvalue weighted by Crippen LogP contribution is -2.48. The van der Waals surface area contributed by atoms with Gasteiger partial charge < -0.3 is 10.6 Å². The van der Waals surface area contributed by atoms with Gasteiger partial charge in [-0.05, 0) is 18.6 Å². The first-order valence-corrected chi connectivity index (χ1v) is 5.32. The zero-order valence-electron chi connectivity index (χ0n) is 8.92. The molecule has 80 valence electrons. The Labute approximate surface area is 89.9 Å². The SMILES string of the molecule is Cc1ccccc1C(=O)NCC1CNC1. The van der Waals surface area contributed by atoms with Crippen LogP contribution in [0.3, 0.4) is 0 Å². The third-order valence-corrected chi connectivity index (χ3v) is 2.81. The molecule has 0 saturated carbocycles. The number of rotatable bonds is 3. The monoisotopic (exact) mass is 204 g/mol. The highest BCUT2D eigenvalue weighted by Crippen LogP contribution is 2.07. The summed E-state index contributed by atoms with van der Waals surface area (Å²) in [6.07, 6.45) is 0. The average molecular weight is 204 g/mol. The number of hydrogen-bond donors (Lipinski definition) is 2. The Kier molecular flexibility index (Phi) is 3.02. The molecule has 0 bridgehead atoms. The van der Waals surface area contributed by atoms with E-state index in [1.165, 1.54) is 0 Å². The maximum absolute atomic E-state index is 11.8. The summed E-state index contributed by atoms with van der Waals surface area (Å²) in [4.78, 5) is 11.8. The summed E-state index contributed by atoms with van der Waals surface area (Å²) in [6.45, 7) is 4.78. The predicted octanol–water partition coefficient (Wildman–Crippen LogP) is 0.944. The summed E-state index contributed by atoms with van der Waals surface area (Å²) in [5.41, 5.74) is 1.81. The third-order valence-electron chi connectivity index (χ3n) is 2.81. The van der Waals surface area contributed by atoms with Gasteiger partial charge >= 0.3 is 0 Å². The number of hydrogen-bond acceptors (Lipinski definition) is 2. The van der Waals surface area contributed by atoms with Crippen molar-refractivity contribution in [3.05, 3.63) is 35.4 Å². The van der Waals surface area contributed by atoms with Gasteiger partial charge in [-0.15, -0.1) is 0 Å². The van der Waals surface area contributed by atoms with Gasteiger partial charge in [0.15, 0.2) is 0 Å². The van der Waals surface area contributed by atoms with Gasteiger partial charge in [-0.1, -0.05) is 18.2 Å². The second-order valence-corrected chi connectivity index (χ2v) is 4.05. The van der Waals surface area contributed by atoms with Crippen molar-refractivity contribution < 1.29 is 4.79 Å². The molecule has 0 aromatic heterocycles. The minimum absolute atomic E-state index is 0.0417. The van der Waals surface area contributed by atoms with E-state index < -0.39 is 0 Å². The Morgan fingerprint density at radius 2 is 2.20 bits per heavy atom. The highest BCUT2D eigenvalue weighted by atomic mass is 16.1. The van der Waals surface area contributed by atoms with Crippen LogP contribution in [-0.2, 0) is 0 Å². The number of benzene rings is 1. The Morgan fingerprint density at radius 1 is 1.47 bits per heavy atom. The summed E-state index contributed by atoms with van der Waals surface area (Å²) in [5, 5.41) is 6.15. The van der Waals surface area contributed by atoms with Gasteiger partial charge in [0.05, 0.1) is 0 Å². The van der Waals surface area contributed by atoms with E-state index in [4.69, 9.17) is 0 Å². The van der Waals surface area contributed by atoms with E-state index in [2.05, 4.69) is 10.6 Å². The zero-order valence-corrected chi connectivity index (χ0v) is 8.92. The quantitative estimate of drug-likeness (QED) is 0.769. The minimum Gasteiger partial charge on any atom is -0.352 e. The van der Waals surface area contributed by atoms with Crippen LogP contribution < -0.4 is 10.6 Å². The first kappa shape index (κ1) is 10.2. The molecule has 0 radical (unpaired) electrons. The number of carbonyl (C=O) groups is 1. The molecular formula is C12H16N2O. The minimum atomic E-state index is 0.0417. The second-order valence-electron chi connectivity index (χ2n) is 4.05. The van der Waals surface area contributed by atoms with E-state index in [-0.39, 0.29) is 5.91 Å². The number of amides is 1. The largest absolute Gasteiger partial charge is 0.352 e. The third kappa shape index (κ3) is 2.36. The molecule has 1 saturated heterocycles. The molecule has 1 amide bonds. The van der Waals surface area contributed by atoms with Gasteiger partial charge in [0.1, 0.15) is 0 Å². The fraction of sp³-hybridized carbons (Fsp3) is 0.417. The van der Waals surface area contributed by atoms with Crippen LogP contribution in [0.1, 0.15) is 15.9 Å². The summed E-state index contributed by atoms with van der Waals surface area (Å²) >= 11 is 0. The first-order chi connectivity index (χ1) is 7.27. The van der Waals surface area contributed by atoms with Crippen LogP contribution in [0.5, 0.6) is 0 Å². The van der Waals surface area contributed by atoms with E-state index in [1.807, 2.05) is 31.2 Å². The fourth-order valence-corrected chi connectivity index (χ4v) is 1.65. The van der Waals surface area contributed by atoms with Crippen LogP contribution in [0.4, 0.5) is 0 Å². The van der Waals surface area contributed by atoms with Crippen molar-refractivity contribution >= 4 is 5.91 Å². The predicted molar refractivity (Wildman–Crippen MR) is 59.9 cm³/mol. The number of nitrogens with one attached hydrogen (secondary N) is 2. The van der Waals surface area contributed by atoms with Gasteiger partial charge in [-0.25, -0.2) is 0 Å². The van der Waals surface area contributed by atoms with Gasteiger partial charge in [0.25, 0.3) is 5.91 Å². The lowest BCUT2D eigenvalue weighted by Gasteiger charge is -2.27. The van der Waals surface area contributed by atoms with Crippen LogP contribution >= 0.6 is 0 Å². The molecule has 1 aliphatic heterocycles. The molecule has 1 aliphatic rings. The molecule has 1 aromatic rings.